The predicted molar refractivity (Wildman–Crippen MR) is 104 cm³/mol. The summed E-state index contributed by atoms with van der Waals surface area (Å²) in [5.41, 5.74) is 1.78. The fraction of sp³-hybridized carbons (Fsp3) is 0.316. The van der Waals surface area contributed by atoms with Gasteiger partial charge in [-0.25, -0.2) is 0 Å². The van der Waals surface area contributed by atoms with Gasteiger partial charge < -0.3 is 14.5 Å². The third kappa shape index (κ3) is 4.68. The minimum absolute atomic E-state index is 0.00173. The third-order valence-corrected chi connectivity index (χ3v) is 4.77. The summed E-state index contributed by atoms with van der Waals surface area (Å²) in [5.74, 6) is 0.616. The van der Waals surface area contributed by atoms with E-state index in [1.54, 1.807) is 11.0 Å². The monoisotopic (exact) mass is 389 g/mol. The molecule has 7 nitrogen and oxygen atoms in total. The number of hydrogen-bond donors (Lipinski definition) is 0. The van der Waals surface area contributed by atoms with Gasteiger partial charge in [-0.05, 0) is 30.7 Å². The van der Waals surface area contributed by atoms with E-state index in [0.717, 1.165) is 11.3 Å². The van der Waals surface area contributed by atoms with Crippen molar-refractivity contribution in [2.75, 3.05) is 37.7 Å². The highest BCUT2D eigenvalue weighted by Gasteiger charge is 2.23. The molecule has 1 fully saturated rings. The Morgan fingerprint density at radius 1 is 1.19 bits per heavy atom. The Kier molecular flexibility index (Phi) is 5.81. The highest BCUT2D eigenvalue weighted by Crippen LogP contribution is 2.30. The molecule has 0 unspecified atom stereocenters. The van der Waals surface area contributed by atoms with E-state index in [2.05, 4.69) is 0 Å². The van der Waals surface area contributed by atoms with Gasteiger partial charge in [0.2, 0.25) is 0 Å². The Morgan fingerprint density at radius 3 is 2.56 bits per heavy atom. The van der Waals surface area contributed by atoms with E-state index in [1.807, 2.05) is 36.1 Å². The molecule has 0 aliphatic carbocycles. The van der Waals surface area contributed by atoms with E-state index >= 15 is 0 Å². The number of benzene rings is 2. The van der Waals surface area contributed by atoms with Crippen LogP contribution < -0.4 is 9.64 Å². The van der Waals surface area contributed by atoms with Crippen molar-refractivity contribution < 1.29 is 14.5 Å². The lowest BCUT2D eigenvalue weighted by Crippen LogP contribution is -2.50. The largest absolute Gasteiger partial charge is 0.484 e. The highest BCUT2D eigenvalue weighted by atomic mass is 35.5. The number of amides is 1. The molecule has 0 bridgehead atoms. The van der Waals surface area contributed by atoms with E-state index in [0.29, 0.717) is 37.0 Å². The standard InChI is InChI=1S/C19H20ClN3O4/c1-14-3-2-4-16(11-14)27-13-19(24)22-9-7-21(8-10-22)18-6-5-15(23(25)26)12-17(18)20/h2-6,11-12H,7-10,13H2,1H3. The number of carbonyl (C=O) groups excluding carboxylic acids is 1. The maximum Gasteiger partial charge on any atom is 0.271 e. The maximum absolute atomic E-state index is 12.4. The van der Waals surface area contributed by atoms with Crippen LogP contribution >= 0.6 is 11.6 Å². The Hall–Kier alpha value is -2.80. The molecule has 2 aromatic rings. The van der Waals surface area contributed by atoms with Gasteiger partial charge >= 0.3 is 0 Å². The van der Waals surface area contributed by atoms with Crippen LogP contribution in [-0.2, 0) is 4.79 Å². The van der Waals surface area contributed by atoms with Crippen molar-refractivity contribution in [2.45, 2.75) is 6.92 Å². The number of non-ortho nitro benzene ring substituents is 1. The molecule has 1 saturated heterocycles. The van der Waals surface area contributed by atoms with Crippen LogP contribution in [0.4, 0.5) is 11.4 Å². The van der Waals surface area contributed by atoms with Gasteiger partial charge in [0.05, 0.1) is 15.6 Å². The lowest BCUT2D eigenvalue weighted by Gasteiger charge is -2.36. The first-order valence-electron chi connectivity index (χ1n) is 8.60. The predicted octanol–water partition coefficient (Wildman–Crippen LogP) is 3.28. The van der Waals surface area contributed by atoms with E-state index in [4.69, 9.17) is 16.3 Å². The number of halogens is 1. The zero-order valence-corrected chi connectivity index (χ0v) is 15.7. The average molecular weight is 390 g/mol. The molecule has 142 valence electrons. The van der Waals surface area contributed by atoms with Crippen LogP contribution in [0.2, 0.25) is 5.02 Å². The van der Waals surface area contributed by atoms with Gasteiger partial charge in [-0.15, -0.1) is 0 Å². The molecule has 2 aromatic carbocycles. The van der Waals surface area contributed by atoms with Crippen LogP contribution in [-0.4, -0.2) is 48.5 Å². The zero-order valence-electron chi connectivity index (χ0n) is 14.9. The molecule has 0 N–H and O–H groups in total. The number of hydrogen-bond acceptors (Lipinski definition) is 5. The summed E-state index contributed by atoms with van der Waals surface area (Å²) in [6.07, 6.45) is 0. The fourth-order valence-electron chi connectivity index (χ4n) is 3.00. The van der Waals surface area contributed by atoms with E-state index in [1.165, 1.54) is 12.1 Å². The van der Waals surface area contributed by atoms with Gasteiger partial charge in [0.25, 0.3) is 11.6 Å². The Bertz CT molecular complexity index is 851. The lowest BCUT2D eigenvalue weighted by molar-refractivity contribution is -0.384. The van der Waals surface area contributed by atoms with Crippen molar-refractivity contribution in [1.29, 1.82) is 0 Å². The summed E-state index contributed by atoms with van der Waals surface area (Å²) in [4.78, 5) is 26.5. The Labute approximate surface area is 162 Å². The molecule has 1 aliphatic heterocycles. The van der Waals surface area contributed by atoms with Crippen molar-refractivity contribution in [3.63, 3.8) is 0 Å². The molecule has 0 radical (unpaired) electrons. The lowest BCUT2D eigenvalue weighted by atomic mass is 10.2. The van der Waals surface area contributed by atoms with Crippen LogP contribution in [0.15, 0.2) is 42.5 Å². The van der Waals surface area contributed by atoms with E-state index in [9.17, 15) is 14.9 Å². The van der Waals surface area contributed by atoms with Gasteiger partial charge in [0.15, 0.2) is 6.61 Å². The summed E-state index contributed by atoms with van der Waals surface area (Å²) in [5, 5.41) is 11.2. The van der Waals surface area contributed by atoms with Crippen LogP contribution in [0.1, 0.15) is 5.56 Å². The molecule has 0 aromatic heterocycles. The van der Waals surface area contributed by atoms with Crippen molar-refractivity contribution in [3.8, 4) is 5.75 Å². The first kappa shape index (κ1) is 19.0. The van der Waals surface area contributed by atoms with Gasteiger partial charge in [0, 0.05) is 38.3 Å². The van der Waals surface area contributed by atoms with Gasteiger partial charge in [-0.3, -0.25) is 14.9 Å². The summed E-state index contributed by atoms with van der Waals surface area (Å²) in [7, 11) is 0. The third-order valence-electron chi connectivity index (χ3n) is 4.47. The molecule has 0 atom stereocenters. The van der Waals surface area contributed by atoms with Crippen LogP contribution in [0.5, 0.6) is 5.75 Å². The molecule has 27 heavy (non-hydrogen) atoms. The number of ether oxygens (including phenoxy) is 1. The molecular weight excluding hydrogens is 370 g/mol. The number of nitro groups is 1. The smallest absolute Gasteiger partial charge is 0.271 e. The van der Waals surface area contributed by atoms with Gasteiger partial charge in [-0.1, -0.05) is 23.7 Å². The molecule has 3 rings (SSSR count). The molecule has 1 amide bonds. The van der Waals surface area contributed by atoms with Crippen LogP contribution in [0, 0.1) is 17.0 Å². The molecule has 0 spiro atoms. The SMILES string of the molecule is Cc1cccc(OCC(=O)N2CCN(c3ccc([N+](=O)[O-])cc3Cl)CC2)c1. The van der Waals surface area contributed by atoms with E-state index < -0.39 is 4.92 Å². The summed E-state index contributed by atoms with van der Waals surface area (Å²) >= 11 is 6.19. The van der Waals surface area contributed by atoms with Gasteiger partial charge in [-0.2, -0.15) is 0 Å². The molecule has 1 heterocycles. The second-order valence-electron chi connectivity index (χ2n) is 6.37. The minimum Gasteiger partial charge on any atom is -0.484 e. The highest BCUT2D eigenvalue weighted by molar-refractivity contribution is 6.33. The zero-order chi connectivity index (χ0) is 19.4. The fourth-order valence-corrected chi connectivity index (χ4v) is 3.30. The van der Waals surface area contributed by atoms with Crippen molar-refractivity contribution in [2.24, 2.45) is 0 Å². The number of aryl methyl sites for hydroxylation is 1. The van der Waals surface area contributed by atoms with Crippen LogP contribution in [0.3, 0.4) is 0 Å². The molecular formula is C19H20ClN3O4. The molecule has 8 heteroatoms. The summed E-state index contributed by atoms with van der Waals surface area (Å²) < 4.78 is 5.58. The number of nitrogens with zero attached hydrogens (tertiary/aromatic N) is 3. The number of nitro benzene ring substituents is 1. The second-order valence-corrected chi connectivity index (χ2v) is 6.77. The molecule has 1 aliphatic rings. The van der Waals surface area contributed by atoms with Crippen molar-refractivity contribution >= 4 is 28.9 Å². The quantitative estimate of drug-likeness (QED) is 0.579. The number of piperazine rings is 1. The average Bonchev–Trinajstić information content (AvgIpc) is 2.66. The van der Waals surface area contributed by atoms with Crippen LogP contribution in [0.25, 0.3) is 0 Å². The normalized spacial score (nSPS) is 14.1. The molecule has 0 saturated carbocycles. The minimum atomic E-state index is -0.472. The Balaban J connectivity index is 1.54. The summed E-state index contributed by atoms with van der Waals surface area (Å²) in [6, 6.07) is 12.0. The number of rotatable bonds is 5. The topological polar surface area (TPSA) is 75.9 Å². The number of anilines is 1. The summed E-state index contributed by atoms with van der Waals surface area (Å²) in [6.45, 7) is 4.27. The first-order chi connectivity index (χ1) is 12.9. The maximum atomic E-state index is 12.4. The van der Waals surface area contributed by atoms with E-state index in [-0.39, 0.29) is 18.2 Å². The Morgan fingerprint density at radius 2 is 1.93 bits per heavy atom. The number of carbonyl (C=O) groups is 1. The first-order valence-corrected chi connectivity index (χ1v) is 8.98. The van der Waals surface area contributed by atoms with Crippen molar-refractivity contribution in [3.05, 3.63) is 63.2 Å². The second kappa shape index (κ2) is 8.26. The van der Waals surface area contributed by atoms with Crippen molar-refractivity contribution in [1.82, 2.24) is 4.90 Å². The van der Waals surface area contributed by atoms with Gasteiger partial charge in [0.1, 0.15) is 5.75 Å².